The van der Waals surface area contributed by atoms with Crippen LogP contribution in [0, 0.1) is 0 Å². The molecule has 0 saturated carbocycles. The van der Waals surface area contributed by atoms with Gasteiger partial charge >= 0.3 is 0 Å². The summed E-state index contributed by atoms with van der Waals surface area (Å²) in [7, 11) is 3.15. The van der Waals surface area contributed by atoms with E-state index in [0.717, 1.165) is 11.3 Å². The van der Waals surface area contributed by atoms with Crippen LogP contribution in [0.15, 0.2) is 29.4 Å². The third-order valence-corrected chi connectivity index (χ3v) is 3.42. The number of nitrogens with zero attached hydrogens (tertiary/aromatic N) is 2. The van der Waals surface area contributed by atoms with E-state index in [-0.39, 0.29) is 17.9 Å². The first-order valence-corrected chi connectivity index (χ1v) is 6.80. The predicted octanol–water partition coefficient (Wildman–Crippen LogP) is 1.48. The number of benzene rings is 1. The van der Waals surface area contributed by atoms with Gasteiger partial charge in [0.1, 0.15) is 11.5 Å². The molecule has 1 aliphatic rings. The van der Waals surface area contributed by atoms with Crippen molar-refractivity contribution in [1.82, 2.24) is 10.3 Å². The minimum Gasteiger partial charge on any atom is -0.496 e. The Bertz CT molecular complexity index is 583. The molecule has 0 saturated heterocycles. The lowest BCUT2D eigenvalue weighted by Gasteiger charge is -2.21. The molecule has 21 heavy (non-hydrogen) atoms. The number of hydrogen-bond donors (Lipinski definition) is 1. The van der Waals surface area contributed by atoms with Crippen molar-refractivity contribution < 1.29 is 14.3 Å². The highest BCUT2D eigenvalue weighted by molar-refractivity contribution is 6.39. The lowest BCUT2D eigenvalue weighted by Crippen LogP contribution is -2.38. The van der Waals surface area contributed by atoms with Gasteiger partial charge in [0.05, 0.1) is 13.2 Å². The summed E-state index contributed by atoms with van der Waals surface area (Å²) in [5.41, 5.74) is 1.27. The molecule has 1 N–H and O–H groups in total. The van der Waals surface area contributed by atoms with Crippen molar-refractivity contribution in [1.29, 1.82) is 0 Å². The molecule has 0 spiro atoms. The standard InChI is InChI=1S/C15H19N3O3/c1-10(11-6-4-5-7-13(11)21-3)16-15(20)12-8-9-14(19)18(2)17-12/h4-7,10H,8-9H2,1-3H3,(H,16,20)/t10-/m0/s1. The Labute approximate surface area is 123 Å². The van der Waals surface area contributed by atoms with E-state index >= 15 is 0 Å². The fraction of sp³-hybridized carbons (Fsp3) is 0.400. The molecule has 2 rings (SSSR count). The van der Waals surface area contributed by atoms with Crippen molar-refractivity contribution in [2.24, 2.45) is 5.10 Å². The second-order valence-electron chi connectivity index (χ2n) is 4.90. The number of amides is 2. The predicted molar refractivity (Wildman–Crippen MR) is 79.0 cm³/mol. The molecule has 0 bridgehead atoms. The van der Waals surface area contributed by atoms with E-state index in [4.69, 9.17) is 4.74 Å². The third kappa shape index (κ3) is 3.39. The van der Waals surface area contributed by atoms with Gasteiger partial charge in [-0.05, 0) is 13.0 Å². The lowest BCUT2D eigenvalue weighted by molar-refractivity contribution is -0.130. The van der Waals surface area contributed by atoms with Crippen LogP contribution in [0.4, 0.5) is 0 Å². The largest absolute Gasteiger partial charge is 0.496 e. The molecule has 6 nitrogen and oxygen atoms in total. The summed E-state index contributed by atoms with van der Waals surface area (Å²) >= 11 is 0. The summed E-state index contributed by atoms with van der Waals surface area (Å²) in [5.74, 6) is 0.389. The normalized spacial score (nSPS) is 16.2. The van der Waals surface area contributed by atoms with Gasteiger partial charge in [-0.1, -0.05) is 18.2 Å². The number of carbonyl (C=O) groups excluding carboxylic acids is 2. The van der Waals surface area contributed by atoms with E-state index in [1.807, 2.05) is 31.2 Å². The molecular weight excluding hydrogens is 270 g/mol. The van der Waals surface area contributed by atoms with Crippen molar-refractivity contribution in [3.63, 3.8) is 0 Å². The van der Waals surface area contributed by atoms with Crippen molar-refractivity contribution in [3.8, 4) is 5.75 Å². The number of ether oxygens (including phenoxy) is 1. The molecule has 0 radical (unpaired) electrons. The highest BCUT2D eigenvalue weighted by atomic mass is 16.5. The van der Waals surface area contributed by atoms with Crippen LogP contribution >= 0.6 is 0 Å². The zero-order valence-corrected chi connectivity index (χ0v) is 12.4. The summed E-state index contributed by atoms with van der Waals surface area (Å²) in [6, 6.07) is 7.32. The molecule has 1 aromatic carbocycles. The van der Waals surface area contributed by atoms with Gasteiger partial charge in [-0.3, -0.25) is 9.59 Å². The van der Waals surface area contributed by atoms with Gasteiger partial charge in [-0.25, -0.2) is 5.01 Å². The van der Waals surface area contributed by atoms with Crippen LogP contribution in [0.5, 0.6) is 5.75 Å². The van der Waals surface area contributed by atoms with E-state index in [1.165, 1.54) is 5.01 Å². The molecule has 112 valence electrons. The smallest absolute Gasteiger partial charge is 0.267 e. The Morgan fingerprint density at radius 2 is 2.10 bits per heavy atom. The van der Waals surface area contributed by atoms with E-state index in [0.29, 0.717) is 18.6 Å². The number of rotatable bonds is 4. The van der Waals surface area contributed by atoms with Crippen molar-refractivity contribution >= 4 is 17.5 Å². The van der Waals surface area contributed by atoms with Gasteiger partial charge in [0.25, 0.3) is 5.91 Å². The first kappa shape index (κ1) is 15.0. The quantitative estimate of drug-likeness (QED) is 0.912. The number of hydrogen-bond acceptors (Lipinski definition) is 4. The number of nitrogens with one attached hydrogen (secondary N) is 1. The first-order chi connectivity index (χ1) is 10.0. The molecule has 1 aliphatic heterocycles. The summed E-state index contributed by atoms with van der Waals surface area (Å²) in [5, 5.41) is 8.11. The molecule has 0 fully saturated rings. The Kier molecular flexibility index (Phi) is 4.57. The average molecular weight is 289 g/mol. The van der Waals surface area contributed by atoms with Crippen LogP contribution in [0.2, 0.25) is 0 Å². The molecule has 2 amide bonds. The second-order valence-corrected chi connectivity index (χ2v) is 4.90. The summed E-state index contributed by atoms with van der Waals surface area (Å²) in [6.45, 7) is 1.88. The number of para-hydroxylation sites is 1. The van der Waals surface area contributed by atoms with Crippen LogP contribution in [0.3, 0.4) is 0 Å². The monoisotopic (exact) mass is 289 g/mol. The molecule has 1 heterocycles. The fourth-order valence-electron chi connectivity index (χ4n) is 2.21. The number of hydrazone groups is 1. The molecule has 0 aliphatic carbocycles. The Morgan fingerprint density at radius 3 is 2.76 bits per heavy atom. The Morgan fingerprint density at radius 1 is 1.38 bits per heavy atom. The maximum Gasteiger partial charge on any atom is 0.267 e. The van der Waals surface area contributed by atoms with E-state index in [1.54, 1.807) is 14.2 Å². The third-order valence-electron chi connectivity index (χ3n) is 3.42. The van der Waals surface area contributed by atoms with Crippen LogP contribution in [0.25, 0.3) is 0 Å². The van der Waals surface area contributed by atoms with Gasteiger partial charge in [-0.2, -0.15) is 5.10 Å². The first-order valence-electron chi connectivity index (χ1n) is 6.80. The Hall–Kier alpha value is -2.37. The van der Waals surface area contributed by atoms with Crippen molar-refractivity contribution in [2.45, 2.75) is 25.8 Å². The van der Waals surface area contributed by atoms with Crippen molar-refractivity contribution in [2.75, 3.05) is 14.2 Å². The summed E-state index contributed by atoms with van der Waals surface area (Å²) in [6.07, 6.45) is 0.680. The van der Waals surface area contributed by atoms with Gasteiger partial charge in [-0.15, -0.1) is 0 Å². The molecule has 6 heteroatoms. The molecule has 0 aromatic heterocycles. The highest BCUT2D eigenvalue weighted by Crippen LogP contribution is 2.24. The van der Waals surface area contributed by atoms with Gasteiger partial charge < -0.3 is 10.1 Å². The molecule has 1 atom stereocenters. The maximum atomic E-state index is 12.2. The van der Waals surface area contributed by atoms with Gasteiger partial charge in [0, 0.05) is 25.5 Å². The SMILES string of the molecule is COc1ccccc1[C@H](C)NC(=O)C1=NN(C)C(=O)CC1. The van der Waals surface area contributed by atoms with E-state index in [2.05, 4.69) is 10.4 Å². The van der Waals surface area contributed by atoms with E-state index in [9.17, 15) is 9.59 Å². The van der Waals surface area contributed by atoms with Crippen LogP contribution < -0.4 is 10.1 Å². The van der Waals surface area contributed by atoms with E-state index < -0.39 is 0 Å². The minimum absolute atomic E-state index is 0.0793. The van der Waals surface area contributed by atoms with Gasteiger partial charge in [0.2, 0.25) is 5.91 Å². The molecular formula is C15H19N3O3. The topological polar surface area (TPSA) is 71.0 Å². The second kappa shape index (κ2) is 6.39. The average Bonchev–Trinajstić information content (AvgIpc) is 2.49. The number of methoxy groups -OCH3 is 1. The molecule has 1 aromatic rings. The fourth-order valence-corrected chi connectivity index (χ4v) is 2.21. The minimum atomic E-state index is -0.257. The lowest BCUT2D eigenvalue weighted by atomic mass is 10.1. The Balaban J connectivity index is 2.09. The molecule has 0 unspecified atom stereocenters. The summed E-state index contributed by atoms with van der Waals surface area (Å²) < 4.78 is 5.29. The summed E-state index contributed by atoms with van der Waals surface area (Å²) in [4.78, 5) is 23.6. The van der Waals surface area contributed by atoms with Crippen LogP contribution in [0.1, 0.15) is 31.4 Å². The highest BCUT2D eigenvalue weighted by Gasteiger charge is 2.23. The zero-order valence-electron chi connectivity index (χ0n) is 12.4. The van der Waals surface area contributed by atoms with Crippen molar-refractivity contribution in [3.05, 3.63) is 29.8 Å². The van der Waals surface area contributed by atoms with Crippen LogP contribution in [-0.4, -0.2) is 36.7 Å². The van der Waals surface area contributed by atoms with Gasteiger partial charge in [0.15, 0.2) is 0 Å². The zero-order chi connectivity index (χ0) is 15.4. The number of carbonyl (C=O) groups is 2. The maximum absolute atomic E-state index is 12.2. The van der Waals surface area contributed by atoms with Crippen LogP contribution in [-0.2, 0) is 9.59 Å².